The van der Waals surface area contributed by atoms with Crippen molar-refractivity contribution < 1.29 is 24.5 Å². The molecule has 5 heteroatoms. The molecule has 2 atom stereocenters. The molecule has 13 heavy (non-hydrogen) atoms. The molecule has 0 unspecified atom stereocenters. The van der Waals surface area contributed by atoms with Crippen LogP contribution in [0.15, 0.2) is 12.2 Å². The Morgan fingerprint density at radius 3 is 2.77 bits per heavy atom. The summed E-state index contributed by atoms with van der Waals surface area (Å²) in [6.45, 7) is 0.637. The molecule has 1 rings (SSSR count). The third-order valence-electron chi connectivity index (χ3n) is 1.84. The monoisotopic (exact) mass is 186 g/mol. The first-order valence-electron chi connectivity index (χ1n) is 3.73. The minimum Gasteiger partial charge on any atom is -0.462 e. The number of esters is 1. The molecule has 2 N–H and O–H groups in total. The summed E-state index contributed by atoms with van der Waals surface area (Å²) in [5, 5.41) is 18.7. The van der Waals surface area contributed by atoms with Crippen LogP contribution in [0.25, 0.3) is 0 Å². The van der Waals surface area contributed by atoms with Gasteiger partial charge in [0, 0.05) is 6.92 Å². The van der Waals surface area contributed by atoms with Crippen molar-refractivity contribution in [1.82, 2.24) is 0 Å². The molecule has 0 aromatic carbocycles. The highest BCUT2D eigenvalue weighted by Gasteiger charge is 2.45. The third-order valence-corrected chi connectivity index (χ3v) is 1.84. The molecule has 0 saturated heterocycles. The Morgan fingerprint density at radius 1 is 1.77 bits per heavy atom. The number of ketones is 1. The second kappa shape index (κ2) is 3.27. The lowest BCUT2D eigenvalue weighted by Crippen LogP contribution is -2.48. The lowest BCUT2D eigenvalue weighted by Gasteiger charge is -2.23. The van der Waals surface area contributed by atoms with Gasteiger partial charge in [0.05, 0.1) is 0 Å². The summed E-state index contributed by atoms with van der Waals surface area (Å²) in [6.07, 6.45) is 0.916. The van der Waals surface area contributed by atoms with Gasteiger partial charge in [0.2, 0.25) is 0 Å². The molecule has 0 aromatic heterocycles. The highest BCUT2D eigenvalue weighted by atomic mass is 16.5. The fourth-order valence-electron chi connectivity index (χ4n) is 0.996. The van der Waals surface area contributed by atoms with Crippen molar-refractivity contribution in [2.45, 2.75) is 18.6 Å². The van der Waals surface area contributed by atoms with Gasteiger partial charge in [0.25, 0.3) is 0 Å². The van der Waals surface area contributed by atoms with Gasteiger partial charge in [-0.2, -0.15) is 0 Å². The van der Waals surface area contributed by atoms with Gasteiger partial charge in [-0.3, -0.25) is 9.59 Å². The van der Waals surface area contributed by atoms with E-state index >= 15 is 0 Å². The number of aliphatic hydroxyl groups excluding tert-OH is 1. The van der Waals surface area contributed by atoms with Crippen molar-refractivity contribution >= 4 is 11.8 Å². The zero-order chi connectivity index (χ0) is 10.1. The Balaban J connectivity index is 2.65. The molecule has 0 aromatic rings. The molecule has 0 bridgehead atoms. The van der Waals surface area contributed by atoms with E-state index in [0.717, 1.165) is 19.1 Å². The van der Waals surface area contributed by atoms with E-state index < -0.39 is 30.1 Å². The number of hydrogen-bond acceptors (Lipinski definition) is 5. The zero-order valence-electron chi connectivity index (χ0n) is 7.06. The summed E-state index contributed by atoms with van der Waals surface area (Å²) in [5.41, 5.74) is -1.99. The minimum absolute atomic E-state index is 0.519. The Kier molecular flexibility index (Phi) is 2.49. The first-order chi connectivity index (χ1) is 5.97. The Hall–Kier alpha value is -1.20. The lowest BCUT2D eigenvalue weighted by molar-refractivity contribution is -0.160. The van der Waals surface area contributed by atoms with E-state index in [1.54, 1.807) is 0 Å². The van der Waals surface area contributed by atoms with Crippen molar-refractivity contribution in [1.29, 1.82) is 0 Å². The molecule has 0 fully saturated rings. The summed E-state index contributed by atoms with van der Waals surface area (Å²) in [5.74, 6) is -1.26. The van der Waals surface area contributed by atoms with Crippen molar-refractivity contribution in [3.8, 4) is 0 Å². The maximum Gasteiger partial charge on any atom is 0.302 e. The molecule has 1 aliphatic rings. The quantitative estimate of drug-likeness (QED) is 0.528. The normalized spacial score (nSPS) is 32.2. The Morgan fingerprint density at radius 2 is 2.38 bits per heavy atom. The molecule has 0 aliphatic heterocycles. The maximum atomic E-state index is 11.0. The number of ether oxygens (including phenoxy) is 1. The van der Waals surface area contributed by atoms with Crippen LogP contribution >= 0.6 is 0 Å². The highest BCUT2D eigenvalue weighted by molar-refractivity contribution is 6.00. The molecule has 0 radical (unpaired) electrons. The predicted octanol–water partition coefficient (Wildman–Crippen LogP) is -1.22. The molecule has 0 amide bonds. The van der Waals surface area contributed by atoms with E-state index in [1.165, 1.54) is 0 Å². The molecule has 0 heterocycles. The van der Waals surface area contributed by atoms with Crippen LogP contribution in [0.3, 0.4) is 0 Å². The molecular formula is C8H10O5. The van der Waals surface area contributed by atoms with Crippen LogP contribution in [0.4, 0.5) is 0 Å². The Labute approximate surface area is 74.6 Å². The van der Waals surface area contributed by atoms with Gasteiger partial charge in [-0.25, -0.2) is 0 Å². The average molecular weight is 186 g/mol. The van der Waals surface area contributed by atoms with Gasteiger partial charge in [0.1, 0.15) is 12.7 Å². The van der Waals surface area contributed by atoms with Crippen LogP contribution in [0.5, 0.6) is 0 Å². The molecule has 72 valence electrons. The standard InChI is InChI=1S/C8H10O5/c1-5(9)13-4-8(12)6(10)2-3-7(8)11/h2-3,6,10,12H,4H2,1H3/t6-,8-/m0/s1. The fraction of sp³-hybridized carbons (Fsp3) is 0.500. The van der Waals surface area contributed by atoms with Gasteiger partial charge in [0.15, 0.2) is 11.4 Å². The van der Waals surface area contributed by atoms with Gasteiger partial charge in [-0.1, -0.05) is 0 Å². The van der Waals surface area contributed by atoms with Gasteiger partial charge < -0.3 is 14.9 Å². The summed E-state index contributed by atoms with van der Waals surface area (Å²) < 4.78 is 4.46. The zero-order valence-corrected chi connectivity index (χ0v) is 7.06. The third kappa shape index (κ3) is 1.76. The predicted molar refractivity (Wildman–Crippen MR) is 41.7 cm³/mol. The topological polar surface area (TPSA) is 83.8 Å². The van der Waals surface area contributed by atoms with Crippen molar-refractivity contribution in [3.05, 3.63) is 12.2 Å². The van der Waals surface area contributed by atoms with Crippen LogP contribution in [0.2, 0.25) is 0 Å². The number of rotatable bonds is 2. The summed E-state index contributed by atoms with van der Waals surface area (Å²) >= 11 is 0. The Bertz CT molecular complexity index is 270. The van der Waals surface area contributed by atoms with Crippen molar-refractivity contribution in [2.24, 2.45) is 0 Å². The SMILES string of the molecule is CC(=O)OC[C@@]1(O)C(=O)C=C[C@@H]1O. The lowest BCUT2D eigenvalue weighted by atomic mass is 9.99. The summed E-state index contributed by atoms with van der Waals surface area (Å²) in [7, 11) is 0. The number of aliphatic hydroxyl groups is 2. The van der Waals surface area contributed by atoms with Crippen LogP contribution in [-0.2, 0) is 14.3 Å². The molecule has 1 aliphatic carbocycles. The van der Waals surface area contributed by atoms with E-state index in [0.29, 0.717) is 0 Å². The largest absolute Gasteiger partial charge is 0.462 e. The van der Waals surface area contributed by atoms with Gasteiger partial charge in [-0.15, -0.1) is 0 Å². The first kappa shape index (κ1) is 9.88. The minimum atomic E-state index is -1.99. The van der Waals surface area contributed by atoms with Gasteiger partial charge in [-0.05, 0) is 12.2 Å². The van der Waals surface area contributed by atoms with Gasteiger partial charge >= 0.3 is 5.97 Å². The van der Waals surface area contributed by atoms with Crippen molar-refractivity contribution in [2.75, 3.05) is 6.61 Å². The summed E-state index contributed by atoms with van der Waals surface area (Å²) in [4.78, 5) is 21.4. The molecule has 0 spiro atoms. The molecule has 5 nitrogen and oxygen atoms in total. The highest BCUT2D eigenvalue weighted by Crippen LogP contribution is 2.21. The van der Waals surface area contributed by atoms with E-state index in [9.17, 15) is 19.8 Å². The molecule has 0 saturated carbocycles. The fourth-order valence-corrected chi connectivity index (χ4v) is 0.996. The maximum absolute atomic E-state index is 11.0. The number of carbonyl (C=O) groups is 2. The summed E-state index contributed by atoms with van der Waals surface area (Å²) in [6, 6.07) is 0. The second-order valence-electron chi connectivity index (χ2n) is 2.87. The van der Waals surface area contributed by atoms with Crippen LogP contribution < -0.4 is 0 Å². The second-order valence-corrected chi connectivity index (χ2v) is 2.87. The van der Waals surface area contributed by atoms with Crippen LogP contribution in [0.1, 0.15) is 6.92 Å². The van der Waals surface area contributed by atoms with E-state index in [-0.39, 0.29) is 0 Å². The van der Waals surface area contributed by atoms with Crippen molar-refractivity contribution in [3.63, 3.8) is 0 Å². The molecular weight excluding hydrogens is 176 g/mol. The number of carbonyl (C=O) groups excluding carboxylic acids is 2. The smallest absolute Gasteiger partial charge is 0.302 e. The van der Waals surface area contributed by atoms with E-state index in [4.69, 9.17) is 0 Å². The van der Waals surface area contributed by atoms with E-state index in [2.05, 4.69) is 4.74 Å². The average Bonchev–Trinajstić information content (AvgIpc) is 2.31. The van der Waals surface area contributed by atoms with Crippen LogP contribution in [-0.4, -0.2) is 40.3 Å². The van der Waals surface area contributed by atoms with Crippen LogP contribution in [0, 0.1) is 0 Å². The first-order valence-corrected chi connectivity index (χ1v) is 3.73. The van der Waals surface area contributed by atoms with E-state index in [1.807, 2.05) is 0 Å². The number of hydrogen-bond donors (Lipinski definition) is 2.